The van der Waals surface area contributed by atoms with Crippen molar-refractivity contribution in [3.8, 4) is 23.6 Å². The molecule has 20 nitrogen and oxygen atoms in total. The molecule has 2 atom stereocenters. The molecule has 4 N–H and O–H groups in total. The first-order valence-corrected chi connectivity index (χ1v) is 24.2. The summed E-state index contributed by atoms with van der Waals surface area (Å²) in [6.07, 6.45) is 2.32. The largest absolute Gasteiger partial charge is 0.494 e. The number of pyridine rings is 2. The van der Waals surface area contributed by atoms with Crippen molar-refractivity contribution < 1.29 is 55.8 Å². The monoisotopic (exact) mass is 1030 g/mol. The van der Waals surface area contributed by atoms with Crippen LogP contribution in [0.2, 0.25) is 0 Å². The number of carbonyl (C=O) groups excluding carboxylic acids is 6. The molecule has 3 aliphatic rings. The Labute approximate surface area is 423 Å². The van der Waals surface area contributed by atoms with Gasteiger partial charge in [-0.25, -0.2) is 17.6 Å². The van der Waals surface area contributed by atoms with E-state index >= 15 is 0 Å². The number of aromatic nitrogens is 2. The van der Waals surface area contributed by atoms with E-state index in [4.69, 9.17) is 9.47 Å². The lowest BCUT2D eigenvalue weighted by molar-refractivity contribution is -0.135. The van der Waals surface area contributed by atoms with Gasteiger partial charge >= 0.3 is 0 Å². The summed E-state index contributed by atoms with van der Waals surface area (Å²) in [7, 11) is 0. The van der Waals surface area contributed by atoms with Crippen molar-refractivity contribution >= 4 is 57.2 Å². The van der Waals surface area contributed by atoms with E-state index in [1.807, 2.05) is 0 Å². The number of nitrogens with one attached hydrogen (secondary N) is 4. The summed E-state index contributed by atoms with van der Waals surface area (Å²) in [5.74, 6) is -8.74. The van der Waals surface area contributed by atoms with Gasteiger partial charge in [-0.2, -0.15) is 10.5 Å². The minimum atomic E-state index is -3.19. The third kappa shape index (κ3) is 14.3. The van der Waals surface area contributed by atoms with E-state index in [9.17, 15) is 56.9 Å². The van der Waals surface area contributed by atoms with E-state index in [1.165, 1.54) is 24.5 Å². The van der Waals surface area contributed by atoms with E-state index in [1.54, 1.807) is 58.3 Å². The van der Waals surface area contributed by atoms with E-state index in [2.05, 4.69) is 31.2 Å². The molecule has 0 aliphatic carbocycles. The van der Waals surface area contributed by atoms with Gasteiger partial charge in [0.05, 0.1) is 73.7 Å². The zero-order valence-corrected chi connectivity index (χ0v) is 40.4. The third-order valence-corrected chi connectivity index (χ3v) is 12.7. The SMILES string of the molecule is N#C[C@@H]1CC(F)(F)CN1C(=O)CNC(=O)c1ccnc2ccc(OCCCC(=O)N3CCNCCNCCN(C(=O)CCCOc4ccc5nccc(C(=O)NCC(=O)N6CC(F)(F)C[C@H]6C#N)c5c4)CC3)cc12. The van der Waals surface area contributed by atoms with Crippen LogP contribution in [0.3, 0.4) is 0 Å². The molecule has 0 spiro atoms. The molecule has 3 saturated heterocycles. The highest BCUT2D eigenvalue weighted by atomic mass is 19.3. The van der Waals surface area contributed by atoms with Gasteiger partial charge in [0.1, 0.15) is 23.6 Å². The number of ether oxygens (including phenoxy) is 2. The Kier molecular flexibility index (Phi) is 18.1. The van der Waals surface area contributed by atoms with Crippen molar-refractivity contribution in [2.45, 2.75) is 62.5 Å². The van der Waals surface area contributed by atoms with Crippen LogP contribution in [0.4, 0.5) is 17.6 Å². The number of fused-ring (bicyclic) bond motifs is 2. The van der Waals surface area contributed by atoms with Gasteiger partial charge in [-0.3, -0.25) is 38.7 Å². The molecule has 4 aromatic rings. The Bertz CT molecular complexity index is 2620. The maximum absolute atomic E-state index is 13.9. The van der Waals surface area contributed by atoms with Crippen LogP contribution in [0, 0.1) is 22.7 Å². The fourth-order valence-corrected chi connectivity index (χ4v) is 8.88. The van der Waals surface area contributed by atoms with Crippen LogP contribution in [-0.2, 0) is 19.2 Å². The Hall–Kier alpha value is -7.70. The summed E-state index contributed by atoms with van der Waals surface area (Å²) in [5.41, 5.74) is 1.25. The molecule has 392 valence electrons. The van der Waals surface area contributed by atoms with Gasteiger partial charge in [-0.1, -0.05) is 0 Å². The summed E-state index contributed by atoms with van der Waals surface area (Å²) in [5, 5.41) is 30.9. The predicted octanol–water partition coefficient (Wildman–Crippen LogP) is 2.63. The average molecular weight is 1030 g/mol. The standard InChI is InChI=1S/C50H56F4N12O8/c51-49(52)25-33(27-55)65(31-49)45(69)29-61-47(71)37-9-11-59-41-7-5-35(23-39(37)41)73-21-1-3-43(67)63-17-15-57-13-14-58-16-18-64(20-19-63)44(68)4-2-22-74-36-6-8-42-40(24-36)38(10-12-60-42)48(72)62-30-46(70)66-32-50(53,54)26-34(66)28-56/h5-12,23-24,33-34,57-58H,1-4,13-22,25-26,29-32H2,(H,61,71)(H,62,72)/t33-,34-/m0/s1. The molecule has 74 heavy (non-hydrogen) atoms. The molecule has 6 amide bonds. The summed E-state index contributed by atoms with van der Waals surface area (Å²) >= 11 is 0. The number of nitrogens with zero attached hydrogens (tertiary/aromatic N) is 8. The second-order valence-electron chi connectivity index (χ2n) is 18.1. The normalized spacial score (nSPS) is 18.9. The van der Waals surface area contributed by atoms with Crippen molar-refractivity contribution in [2.24, 2.45) is 0 Å². The molecule has 3 fully saturated rings. The first-order chi connectivity index (χ1) is 35.5. The second kappa shape index (κ2) is 24.8. The average Bonchev–Trinajstić information content (AvgIpc) is 3.90. The predicted molar refractivity (Wildman–Crippen MR) is 258 cm³/mol. The zero-order chi connectivity index (χ0) is 52.8. The third-order valence-electron chi connectivity index (χ3n) is 12.7. The van der Waals surface area contributed by atoms with Gasteiger partial charge in [0, 0.05) is 101 Å². The maximum atomic E-state index is 13.9. The molecule has 0 saturated carbocycles. The quantitative estimate of drug-likeness (QED) is 0.0931. The van der Waals surface area contributed by atoms with E-state index in [-0.39, 0.29) is 49.0 Å². The number of nitriles is 2. The molecule has 2 aromatic carbocycles. The van der Waals surface area contributed by atoms with E-state index in [0.717, 1.165) is 9.80 Å². The molecule has 7 rings (SSSR count). The topological polar surface area (TPSA) is 255 Å². The molecule has 24 heteroatoms. The number of hydrogen-bond acceptors (Lipinski definition) is 14. The van der Waals surface area contributed by atoms with Gasteiger partial charge in [-0.05, 0) is 61.4 Å². The highest BCUT2D eigenvalue weighted by molar-refractivity contribution is 6.08. The molecule has 3 aliphatic heterocycles. The van der Waals surface area contributed by atoms with E-state index < -0.39 is 86.6 Å². The number of alkyl halides is 4. The van der Waals surface area contributed by atoms with Gasteiger partial charge in [0.15, 0.2) is 0 Å². The van der Waals surface area contributed by atoms with Crippen LogP contribution < -0.4 is 30.7 Å². The lowest BCUT2D eigenvalue weighted by Crippen LogP contribution is -2.47. The van der Waals surface area contributed by atoms with Crippen molar-refractivity contribution in [3.63, 3.8) is 0 Å². The van der Waals surface area contributed by atoms with E-state index in [0.29, 0.717) is 98.5 Å². The molecule has 0 bridgehead atoms. The number of amides is 6. The Balaban J connectivity index is 0.868. The lowest BCUT2D eigenvalue weighted by Gasteiger charge is -2.29. The Morgan fingerprint density at radius 1 is 0.608 bits per heavy atom. The van der Waals surface area contributed by atoms with Gasteiger partial charge in [0.25, 0.3) is 23.7 Å². The zero-order valence-electron chi connectivity index (χ0n) is 40.4. The lowest BCUT2D eigenvalue weighted by atomic mass is 10.1. The number of rotatable bonds is 16. The smallest absolute Gasteiger partial charge is 0.268 e. The summed E-state index contributed by atoms with van der Waals surface area (Å²) < 4.78 is 67.5. The first-order valence-electron chi connectivity index (χ1n) is 24.2. The van der Waals surface area contributed by atoms with Crippen molar-refractivity contribution in [1.29, 1.82) is 10.5 Å². The summed E-state index contributed by atoms with van der Waals surface area (Å²) in [4.78, 5) is 92.5. The highest BCUT2D eigenvalue weighted by Gasteiger charge is 2.48. The number of benzene rings is 2. The molecular formula is C50H56F4N12O8. The number of hydrogen-bond donors (Lipinski definition) is 4. The molecular weight excluding hydrogens is 973 g/mol. The van der Waals surface area contributed by atoms with Crippen LogP contribution in [0.15, 0.2) is 60.9 Å². The molecule has 5 heterocycles. The highest BCUT2D eigenvalue weighted by Crippen LogP contribution is 2.33. The number of carbonyl (C=O) groups is 6. The molecule has 2 aromatic heterocycles. The van der Waals surface area contributed by atoms with Crippen LogP contribution in [0.25, 0.3) is 21.8 Å². The van der Waals surface area contributed by atoms with Crippen molar-refractivity contribution in [1.82, 2.24) is 50.8 Å². The minimum Gasteiger partial charge on any atom is -0.494 e. The Morgan fingerprint density at radius 2 is 1.03 bits per heavy atom. The number of halogens is 4. The van der Waals surface area contributed by atoms with Crippen LogP contribution >= 0.6 is 0 Å². The van der Waals surface area contributed by atoms with Crippen LogP contribution in [0.1, 0.15) is 59.2 Å². The summed E-state index contributed by atoms with van der Waals surface area (Å²) in [6, 6.07) is 13.6. The van der Waals surface area contributed by atoms with Crippen LogP contribution in [-0.4, -0.2) is 181 Å². The van der Waals surface area contributed by atoms with Crippen molar-refractivity contribution in [2.75, 3.05) is 91.8 Å². The van der Waals surface area contributed by atoms with Crippen molar-refractivity contribution in [3.05, 3.63) is 72.1 Å². The van der Waals surface area contributed by atoms with Gasteiger partial charge in [-0.15, -0.1) is 0 Å². The van der Waals surface area contributed by atoms with Crippen LogP contribution in [0.5, 0.6) is 11.5 Å². The van der Waals surface area contributed by atoms with Gasteiger partial charge in [0.2, 0.25) is 23.6 Å². The fourth-order valence-electron chi connectivity index (χ4n) is 8.88. The summed E-state index contributed by atoms with van der Waals surface area (Å²) in [6.45, 7) is 1.18. The molecule has 0 unspecified atom stereocenters. The minimum absolute atomic E-state index is 0.121. The maximum Gasteiger partial charge on any atom is 0.268 e. The first kappa shape index (κ1) is 54.1. The Morgan fingerprint density at radius 3 is 1.43 bits per heavy atom. The molecule has 0 radical (unpaired) electrons. The van der Waals surface area contributed by atoms with Gasteiger partial charge < -0.3 is 50.3 Å². The fraction of sp³-hybridized carbons (Fsp3) is 0.480. The number of likely N-dealkylation sites (tertiary alicyclic amines) is 2. The second-order valence-corrected chi connectivity index (χ2v) is 18.1.